The average molecular weight is 339 g/mol. The first-order valence-corrected chi connectivity index (χ1v) is 8.54. The summed E-state index contributed by atoms with van der Waals surface area (Å²) in [6.45, 7) is 0.352. The maximum Gasteiger partial charge on any atom is 0.243 e. The van der Waals surface area contributed by atoms with Crippen LogP contribution in [-0.4, -0.2) is 32.4 Å². The summed E-state index contributed by atoms with van der Waals surface area (Å²) in [7, 11) is -3.77. The lowest BCUT2D eigenvalue weighted by molar-refractivity contribution is -0.00443. The van der Waals surface area contributed by atoms with Gasteiger partial charge in [0.15, 0.2) is 0 Å². The van der Waals surface area contributed by atoms with Crippen LogP contribution in [0.3, 0.4) is 0 Å². The summed E-state index contributed by atoms with van der Waals surface area (Å²) in [5.41, 5.74) is 0.325. The van der Waals surface area contributed by atoms with E-state index in [1.165, 1.54) is 22.5 Å². The fraction of sp³-hybridized carbons (Fsp3) is 0.250. The van der Waals surface area contributed by atoms with E-state index in [2.05, 4.69) is 0 Å². The molecule has 0 bridgehead atoms. The second kappa shape index (κ2) is 6.35. The van der Waals surface area contributed by atoms with Crippen molar-refractivity contribution in [2.75, 3.05) is 19.7 Å². The van der Waals surface area contributed by atoms with Gasteiger partial charge >= 0.3 is 0 Å². The van der Waals surface area contributed by atoms with Crippen molar-refractivity contribution in [3.63, 3.8) is 0 Å². The van der Waals surface area contributed by atoms with Crippen LogP contribution in [0.4, 0.5) is 8.78 Å². The van der Waals surface area contributed by atoms with E-state index >= 15 is 0 Å². The van der Waals surface area contributed by atoms with Crippen LogP contribution in [0, 0.1) is 11.6 Å². The zero-order chi connectivity index (χ0) is 16.4. The predicted molar refractivity (Wildman–Crippen MR) is 80.3 cm³/mol. The number of rotatable bonds is 3. The SMILES string of the molecule is O=S(=O)(c1ccc(F)cc1)N1CCOC(c2ccccc2F)C1. The van der Waals surface area contributed by atoms with Crippen LogP contribution in [0.1, 0.15) is 11.7 Å². The fourth-order valence-electron chi connectivity index (χ4n) is 2.52. The summed E-state index contributed by atoms with van der Waals surface area (Å²) in [5.74, 6) is -0.936. The molecule has 1 heterocycles. The van der Waals surface area contributed by atoms with E-state index in [1.54, 1.807) is 18.2 Å². The Morgan fingerprint density at radius 1 is 1.04 bits per heavy atom. The van der Waals surface area contributed by atoms with Crippen LogP contribution in [0.2, 0.25) is 0 Å². The highest BCUT2D eigenvalue weighted by atomic mass is 32.2. The molecular weight excluding hydrogens is 324 g/mol. The zero-order valence-electron chi connectivity index (χ0n) is 12.2. The molecule has 2 aromatic carbocycles. The number of nitrogens with zero attached hydrogens (tertiary/aromatic N) is 1. The highest BCUT2D eigenvalue weighted by molar-refractivity contribution is 7.89. The van der Waals surface area contributed by atoms with Crippen LogP contribution in [0.5, 0.6) is 0 Å². The molecule has 23 heavy (non-hydrogen) atoms. The van der Waals surface area contributed by atoms with Crippen LogP contribution in [-0.2, 0) is 14.8 Å². The van der Waals surface area contributed by atoms with Gasteiger partial charge in [0.05, 0.1) is 17.6 Å². The molecule has 1 aliphatic heterocycles. The average Bonchev–Trinajstić information content (AvgIpc) is 2.56. The Hall–Kier alpha value is -1.83. The van der Waals surface area contributed by atoms with Gasteiger partial charge in [-0.05, 0) is 30.3 Å². The number of benzene rings is 2. The molecule has 3 rings (SSSR count). The molecule has 0 aromatic heterocycles. The van der Waals surface area contributed by atoms with Crippen molar-refractivity contribution in [1.29, 1.82) is 0 Å². The number of ether oxygens (including phenoxy) is 1. The van der Waals surface area contributed by atoms with Gasteiger partial charge in [0, 0.05) is 18.7 Å². The normalized spacial score (nSPS) is 19.7. The third-order valence-electron chi connectivity index (χ3n) is 3.73. The standard InChI is InChI=1S/C16H15F2NO3S/c17-12-5-7-13(8-6-12)23(20,21)19-9-10-22-16(11-19)14-3-1-2-4-15(14)18/h1-8,16H,9-11H2. The maximum absolute atomic E-state index is 13.9. The number of hydrogen-bond donors (Lipinski definition) is 0. The lowest BCUT2D eigenvalue weighted by atomic mass is 10.1. The van der Waals surface area contributed by atoms with Crippen molar-refractivity contribution in [1.82, 2.24) is 4.31 Å². The van der Waals surface area contributed by atoms with E-state index in [-0.39, 0.29) is 24.6 Å². The molecule has 1 fully saturated rings. The minimum atomic E-state index is -3.77. The van der Waals surface area contributed by atoms with Crippen LogP contribution < -0.4 is 0 Å². The summed E-state index contributed by atoms with van der Waals surface area (Å²) in [5, 5.41) is 0. The van der Waals surface area contributed by atoms with Gasteiger partial charge in [0.2, 0.25) is 10.0 Å². The lowest BCUT2D eigenvalue weighted by Gasteiger charge is -2.32. The lowest BCUT2D eigenvalue weighted by Crippen LogP contribution is -2.42. The second-order valence-electron chi connectivity index (χ2n) is 5.20. The van der Waals surface area contributed by atoms with Crippen molar-refractivity contribution in [2.45, 2.75) is 11.0 Å². The van der Waals surface area contributed by atoms with Crippen LogP contribution in [0.25, 0.3) is 0 Å². The first-order valence-electron chi connectivity index (χ1n) is 7.10. The Kier molecular flexibility index (Phi) is 4.43. The molecule has 4 nitrogen and oxygen atoms in total. The molecule has 1 saturated heterocycles. The molecule has 2 aromatic rings. The molecular formula is C16H15F2NO3S. The number of morpholine rings is 1. The van der Waals surface area contributed by atoms with Gasteiger partial charge in [0.25, 0.3) is 0 Å². The Labute approximate surface area is 133 Å². The minimum Gasteiger partial charge on any atom is -0.371 e. The van der Waals surface area contributed by atoms with Crippen molar-refractivity contribution < 1.29 is 21.9 Å². The van der Waals surface area contributed by atoms with Gasteiger partial charge in [-0.25, -0.2) is 17.2 Å². The third-order valence-corrected chi connectivity index (χ3v) is 5.61. The number of hydrogen-bond acceptors (Lipinski definition) is 3. The van der Waals surface area contributed by atoms with Gasteiger partial charge in [-0.3, -0.25) is 0 Å². The van der Waals surface area contributed by atoms with Crippen LogP contribution in [0.15, 0.2) is 53.4 Å². The largest absolute Gasteiger partial charge is 0.371 e. The summed E-state index contributed by atoms with van der Waals surface area (Å²) in [6.07, 6.45) is -0.667. The zero-order valence-corrected chi connectivity index (χ0v) is 13.0. The Balaban J connectivity index is 1.86. The monoisotopic (exact) mass is 339 g/mol. The van der Waals surface area contributed by atoms with Gasteiger partial charge in [-0.1, -0.05) is 18.2 Å². The van der Waals surface area contributed by atoms with E-state index in [0.717, 1.165) is 12.1 Å². The fourth-order valence-corrected chi connectivity index (χ4v) is 3.95. The third kappa shape index (κ3) is 3.26. The maximum atomic E-state index is 13.9. The molecule has 0 aliphatic carbocycles. The smallest absolute Gasteiger partial charge is 0.243 e. The van der Waals surface area contributed by atoms with Gasteiger partial charge in [-0.2, -0.15) is 4.31 Å². The summed E-state index contributed by atoms with van der Waals surface area (Å²) in [6, 6.07) is 10.8. The first-order chi connectivity index (χ1) is 11.0. The highest BCUT2D eigenvalue weighted by Gasteiger charge is 2.32. The molecule has 0 radical (unpaired) electrons. The molecule has 122 valence electrons. The molecule has 1 atom stereocenters. The summed E-state index contributed by atoms with van der Waals surface area (Å²) >= 11 is 0. The molecule has 0 N–H and O–H groups in total. The quantitative estimate of drug-likeness (QED) is 0.864. The van der Waals surface area contributed by atoms with Gasteiger partial charge < -0.3 is 4.74 Å². The topological polar surface area (TPSA) is 46.6 Å². The van der Waals surface area contributed by atoms with E-state index < -0.39 is 27.8 Å². The Morgan fingerprint density at radius 3 is 2.43 bits per heavy atom. The van der Waals surface area contributed by atoms with E-state index in [1.807, 2.05) is 0 Å². The summed E-state index contributed by atoms with van der Waals surface area (Å²) in [4.78, 5) is 0.00748. The molecule has 0 saturated carbocycles. The van der Waals surface area contributed by atoms with Crippen molar-refractivity contribution in [3.05, 3.63) is 65.7 Å². The van der Waals surface area contributed by atoms with E-state index in [9.17, 15) is 17.2 Å². The number of halogens is 2. The predicted octanol–water partition coefficient (Wildman–Crippen LogP) is 2.73. The van der Waals surface area contributed by atoms with E-state index in [4.69, 9.17) is 4.74 Å². The summed E-state index contributed by atoms with van der Waals surface area (Å²) < 4.78 is 58.8. The molecule has 0 amide bonds. The molecule has 1 unspecified atom stereocenters. The molecule has 7 heteroatoms. The Morgan fingerprint density at radius 2 is 1.74 bits per heavy atom. The molecule has 0 spiro atoms. The van der Waals surface area contributed by atoms with E-state index in [0.29, 0.717) is 5.56 Å². The van der Waals surface area contributed by atoms with Crippen molar-refractivity contribution in [2.24, 2.45) is 0 Å². The highest BCUT2D eigenvalue weighted by Crippen LogP contribution is 2.28. The molecule has 1 aliphatic rings. The van der Waals surface area contributed by atoms with Crippen molar-refractivity contribution in [3.8, 4) is 0 Å². The second-order valence-corrected chi connectivity index (χ2v) is 7.14. The van der Waals surface area contributed by atoms with Crippen LogP contribution >= 0.6 is 0 Å². The van der Waals surface area contributed by atoms with Crippen molar-refractivity contribution >= 4 is 10.0 Å². The van der Waals surface area contributed by atoms with Gasteiger partial charge in [0.1, 0.15) is 11.6 Å². The minimum absolute atomic E-state index is 0.00748. The number of sulfonamides is 1. The first kappa shape index (κ1) is 16.0. The Bertz CT molecular complexity index is 793. The van der Waals surface area contributed by atoms with Gasteiger partial charge in [-0.15, -0.1) is 0 Å².